The molecule has 7 nitrogen and oxygen atoms in total. The molecule has 21 heavy (non-hydrogen) atoms. The number of carboxylic acid groups (broad SMARTS) is 1. The quantitative estimate of drug-likeness (QED) is 0.657. The summed E-state index contributed by atoms with van der Waals surface area (Å²) in [5.74, 6) is -1.40. The monoisotopic (exact) mass is 300 g/mol. The van der Waals surface area contributed by atoms with E-state index in [1.165, 1.54) is 4.90 Å². The highest BCUT2D eigenvalue weighted by Gasteiger charge is 2.35. The predicted octanol–water partition coefficient (Wildman–Crippen LogP) is 1.22. The second-order valence-corrected chi connectivity index (χ2v) is 5.63. The highest BCUT2D eigenvalue weighted by molar-refractivity contribution is 5.85. The van der Waals surface area contributed by atoms with Crippen LogP contribution in [0.4, 0.5) is 4.79 Å². The van der Waals surface area contributed by atoms with Gasteiger partial charge in [0.2, 0.25) is 0 Å². The van der Waals surface area contributed by atoms with Crippen molar-refractivity contribution < 1.29 is 24.2 Å². The fraction of sp³-hybridized carbons (Fsp3) is 0.786. The topological polar surface area (TPSA) is 95.9 Å². The Morgan fingerprint density at radius 3 is 2.38 bits per heavy atom. The maximum atomic E-state index is 12.2. The first-order chi connectivity index (χ1) is 9.85. The zero-order valence-electron chi connectivity index (χ0n) is 12.8. The number of nitrogens with one attached hydrogen (secondary N) is 1. The predicted molar refractivity (Wildman–Crippen MR) is 75.8 cm³/mol. The summed E-state index contributed by atoms with van der Waals surface area (Å²) in [5, 5.41) is 11.6. The molecule has 1 rings (SSSR count). The Hall–Kier alpha value is -1.79. The highest BCUT2D eigenvalue weighted by Crippen LogP contribution is 2.26. The molecule has 0 bridgehead atoms. The van der Waals surface area contributed by atoms with Crippen molar-refractivity contribution in [3.8, 4) is 0 Å². The lowest BCUT2D eigenvalue weighted by Gasteiger charge is -2.24. The van der Waals surface area contributed by atoms with E-state index < -0.39 is 24.0 Å². The van der Waals surface area contributed by atoms with Crippen LogP contribution in [-0.2, 0) is 14.3 Å². The first-order valence-electron chi connectivity index (χ1n) is 7.30. The lowest BCUT2D eigenvalue weighted by Crippen LogP contribution is -2.50. The number of esters is 1. The number of nitrogens with zero attached hydrogens (tertiary/aromatic N) is 1. The number of rotatable bonds is 8. The number of ether oxygens (including phenoxy) is 1. The van der Waals surface area contributed by atoms with Gasteiger partial charge in [-0.15, -0.1) is 0 Å². The van der Waals surface area contributed by atoms with E-state index in [0.29, 0.717) is 6.42 Å². The molecule has 0 aromatic rings. The van der Waals surface area contributed by atoms with Crippen LogP contribution in [0.25, 0.3) is 0 Å². The van der Waals surface area contributed by atoms with Crippen LogP contribution in [0, 0.1) is 5.92 Å². The summed E-state index contributed by atoms with van der Waals surface area (Å²) in [6.07, 6.45) is 2.00. The summed E-state index contributed by atoms with van der Waals surface area (Å²) in [5.41, 5.74) is 0. The van der Waals surface area contributed by atoms with Gasteiger partial charge >= 0.3 is 18.0 Å². The number of hydrogen-bond acceptors (Lipinski definition) is 4. The second-order valence-electron chi connectivity index (χ2n) is 5.63. The van der Waals surface area contributed by atoms with Crippen molar-refractivity contribution in [1.82, 2.24) is 10.2 Å². The normalized spacial score (nSPS) is 15.4. The van der Waals surface area contributed by atoms with Crippen LogP contribution in [0.3, 0.4) is 0 Å². The average molecular weight is 300 g/mol. The summed E-state index contributed by atoms with van der Waals surface area (Å²) in [6.45, 7) is 5.59. The molecule has 0 aromatic heterocycles. The lowest BCUT2D eigenvalue weighted by atomic mass is 10.0. The second kappa shape index (κ2) is 7.85. The number of carbonyl (C=O) groups is 3. The summed E-state index contributed by atoms with van der Waals surface area (Å²) in [6, 6.07) is -1.46. The van der Waals surface area contributed by atoms with Gasteiger partial charge in [0.1, 0.15) is 12.6 Å². The number of carboxylic acids is 1. The molecule has 2 N–H and O–H groups in total. The number of hydrogen-bond donors (Lipinski definition) is 2. The van der Waals surface area contributed by atoms with Gasteiger partial charge in [-0.25, -0.2) is 9.59 Å². The molecule has 1 aliphatic rings. The van der Waals surface area contributed by atoms with Gasteiger partial charge in [-0.3, -0.25) is 4.79 Å². The van der Waals surface area contributed by atoms with Gasteiger partial charge in [0.25, 0.3) is 0 Å². The van der Waals surface area contributed by atoms with Gasteiger partial charge in [-0.2, -0.15) is 0 Å². The molecule has 0 aromatic carbocycles. The molecule has 1 aliphatic carbocycles. The highest BCUT2D eigenvalue weighted by atomic mass is 16.5. The average Bonchev–Trinajstić information content (AvgIpc) is 3.18. The van der Waals surface area contributed by atoms with Gasteiger partial charge in [0, 0.05) is 6.04 Å². The van der Waals surface area contributed by atoms with Crippen LogP contribution in [0.1, 0.15) is 40.0 Å². The number of urea groups is 1. The summed E-state index contributed by atoms with van der Waals surface area (Å²) in [7, 11) is 0. The van der Waals surface area contributed by atoms with Gasteiger partial charge in [-0.05, 0) is 32.1 Å². The Morgan fingerprint density at radius 1 is 1.33 bits per heavy atom. The molecular weight excluding hydrogens is 276 g/mol. The minimum atomic E-state index is -1.07. The van der Waals surface area contributed by atoms with Gasteiger partial charge in [-0.1, -0.05) is 13.8 Å². The Kier molecular flexibility index (Phi) is 6.45. The van der Waals surface area contributed by atoms with E-state index in [-0.39, 0.29) is 25.1 Å². The van der Waals surface area contributed by atoms with Gasteiger partial charge in [0.15, 0.2) is 0 Å². The Bertz CT molecular complexity index is 393. The van der Waals surface area contributed by atoms with Crippen molar-refractivity contribution in [1.29, 1.82) is 0 Å². The smallest absolute Gasteiger partial charge is 0.326 e. The molecule has 7 heteroatoms. The van der Waals surface area contributed by atoms with E-state index in [2.05, 4.69) is 5.32 Å². The van der Waals surface area contributed by atoms with E-state index in [4.69, 9.17) is 9.84 Å². The lowest BCUT2D eigenvalue weighted by molar-refractivity contribution is -0.143. The van der Waals surface area contributed by atoms with E-state index in [1.807, 2.05) is 13.8 Å². The molecule has 0 heterocycles. The minimum Gasteiger partial charge on any atom is -0.480 e. The molecule has 0 aliphatic heterocycles. The van der Waals surface area contributed by atoms with Gasteiger partial charge < -0.3 is 20.1 Å². The Morgan fingerprint density at radius 2 is 1.95 bits per heavy atom. The maximum absolute atomic E-state index is 12.2. The zero-order chi connectivity index (χ0) is 16.0. The van der Waals surface area contributed by atoms with Crippen molar-refractivity contribution in [2.75, 3.05) is 13.2 Å². The first-order valence-corrected chi connectivity index (χ1v) is 7.30. The van der Waals surface area contributed by atoms with E-state index in [1.54, 1.807) is 6.92 Å². The maximum Gasteiger partial charge on any atom is 0.326 e. The summed E-state index contributed by atoms with van der Waals surface area (Å²) < 4.78 is 4.84. The van der Waals surface area contributed by atoms with Crippen molar-refractivity contribution in [2.24, 2.45) is 5.92 Å². The first kappa shape index (κ1) is 17.3. The molecule has 0 saturated heterocycles. The standard InChI is InChI=1S/C14H24N2O5/c1-4-21-12(17)8-16(10-5-6-10)14(20)15-11(13(18)19)7-9(2)3/h9-11H,4-8H2,1-3H3,(H,15,20)(H,18,19). The number of amides is 2. The molecule has 1 atom stereocenters. The van der Waals surface area contributed by atoms with Crippen molar-refractivity contribution >= 4 is 18.0 Å². The van der Waals surface area contributed by atoms with E-state index in [0.717, 1.165) is 12.8 Å². The van der Waals surface area contributed by atoms with Crippen LogP contribution in [-0.4, -0.2) is 53.2 Å². The van der Waals surface area contributed by atoms with Crippen molar-refractivity contribution in [3.05, 3.63) is 0 Å². The molecule has 1 fully saturated rings. The fourth-order valence-electron chi connectivity index (χ4n) is 2.02. The minimum absolute atomic E-state index is 0.00269. The van der Waals surface area contributed by atoms with Crippen LogP contribution in [0.5, 0.6) is 0 Å². The molecule has 2 amide bonds. The third kappa shape index (κ3) is 6.01. The molecule has 1 unspecified atom stereocenters. The summed E-state index contributed by atoms with van der Waals surface area (Å²) >= 11 is 0. The molecule has 0 radical (unpaired) electrons. The largest absolute Gasteiger partial charge is 0.480 e. The van der Waals surface area contributed by atoms with Crippen LogP contribution in [0.2, 0.25) is 0 Å². The molecular formula is C14H24N2O5. The third-order valence-electron chi connectivity index (χ3n) is 3.16. The van der Waals surface area contributed by atoms with Gasteiger partial charge in [0.05, 0.1) is 6.61 Å². The van der Waals surface area contributed by atoms with E-state index >= 15 is 0 Å². The van der Waals surface area contributed by atoms with Crippen LogP contribution in [0.15, 0.2) is 0 Å². The van der Waals surface area contributed by atoms with Crippen molar-refractivity contribution in [3.63, 3.8) is 0 Å². The zero-order valence-corrected chi connectivity index (χ0v) is 12.8. The Labute approximate surface area is 124 Å². The molecule has 0 spiro atoms. The van der Waals surface area contributed by atoms with Crippen LogP contribution >= 0.6 is 0 Å². The SMILES string of the molecule is CCOC(=O)CN(C(=O)NC(CC(C)C)C(=O)O)C1CC1. The number of carbonyl (C=O) groups excluding carboxylic acids is 2. The third-order valence-corrected chi connectivity index (χ3v) is 3.16. The Balaban J connectivity index is 2.63. The van der Waals surface area contributed by atoms with E-state index in [9.17, 15) is 14.4 Å². The number of aliphatic carboxylic acids is 1. The molecule has 1 saturated carbocycles. The molecule has 120 valence electrons. The van der Waals surface area contributed by atoms with Crippen LogP contribution < -0.4 is 5.32 Å². The van der Waals surface area contributed by atoms with Crippen molar-refractivity contribution in [2.45, 2.75) is 52.1 Å². The summed E-state index contributed by atoms with van der Waals surface area (Å²) in [4.78, 5) is 36.3. The fourth-order valence-corrected chi connectivity index (χ4v) is 2.02.